The van der Waals surface area contributed by atoms with Crippen molar-refractivity contribution in [1.82, 2.24) is 4.90 Å². The number of hydrogen-bond donors (Lipinski definition) is 0. The molecule has 0 aromatic heterocycles. The Kier molecular flexibility index (Phi) is 4.10. The van der Waals surface area contributed by atoms with Gasteiger partial charge in [0.2, 0.25) is 0 Å². The lowest BCUT2D eigenvalue weighted by Gasteiger charge is -2.24. The molecule has 1 heterocycles. The lowest BCUT2D eigenvalue weighted by atomic mass is 9.98. The van der Waals surface area contributed by atoms with E-state index >= 15 is 0 Å². The van der Waals surface area contributed by atoms with Crippen molar-refractivity contribution in [2.45, 2.75) is 40.2 Å². The summed E-state index contributed by atoms with van der Waals surface area (Å²) < 4.78 is 4.96. The predicted octanol–water partition coefficient (Wildman–Crippen LogP) is 2.35. The maximum atomic E-state index is 12.0. The van der Waals surface area contributed by atoms with Gasteiger partial charge in [-0.25, -0.2) is 9.69 Å². The number of ether oxygens (including phenoxy) is 1. The van der Waals surface area contributed by atoms with Crippen LogP contribution in [0.5, 0.6) is 0 Å². The van der Waals surface area contributed by atoms with Gasteiger partial charge in [-0.05, 0) is 19.8 Å². The van der Waals surface area contributed by atoms with Crippen LogP contribution in [-0.2, 0) is 9.53 Å². The molecule has 0 aromatic carbocycles. The summed E-state index contributed by atoms with van der Waals surface area (Å²) in [7, 11) is 0. The molecule has 1 fully saturated rings. The molecule has 1 rings (SSSR count). The van der Waals surface area contributed by atoms with E-state index in [1.165, 1.54) is 4.90 Å². The quantitative estimate of drug-likeness (QED) is 0.693. The summed E-state index contributed by atoms with van der Waals surface area (Å²) >= 11 is 0. The van der Waals surface area contributed by atoms with Crippen molar-refractivity contribution in [3.63, 3.8) is 0 Å². The van der Waals surface area contributed by atoms with Crippen LogP contribution in [0.4, 0.5) is 4.79 Å². The van der Waals surface area contributed by atoms with Crippen LogP contribution >= 0.6 is 0 Å². The molecule has 0 bridgehead atoms. The molecule has 0 radical (unpaired) electrons. The first kappa shape index (κ1) is 12.7. The second kappa shape index (κ2) is 5.14. The summed E-state index contributed by atoms with van der Waals surface area (Å²) in [6, 6.07) is -0.125. The highest BCUT2D eigenvalue weighted by molar-refractivity contribution is 6.03. The molecule has 0 N–H and O–H groups in total. The van der Waals surface area contributed by atoms with E-state index in [4.69, 9.17) is 4.74 Å². The van der Waals surface area contributed by atoms with Gasteiger partial charge in [-0.2, -0.15) is 0 Å². The zero-order valence-electron chi connectivity index (χ0n) is 10.3. The van der Waals surface area contributed by atoms with E-state index in [2.05, 4.69) is 0 Å². The summed E-state index contributed by atoms with van der Waals surface area (Å²) in [5, 5.41) is 0. The maximum absolute atomic E-state index is 12.0. The third-order valence-corrected chi connectivity index (χ3v) is 3.20. The number of amides is 2. The fraction of sp³-hybridized carbons (Fsp3) is 0.667. The summed E-state index contributed by atoms with van der Waals surface area (Å²) in [4.78, 5) is 24.8. The second-order valence-corrected chi connectivity index (χ2v) is 4.18. The van der Waals surface area contributed by atoms with Crippen LogP contribution in [0.25, 0.3) is 0 Å². The minimum atomic E-state index is -0.517. The molecule has 4 heteroatoms. The molecule has 1 saturated heterocycles. The van der Waals surface area contributed by atoms with E-state index in [1.807, 2.05) is 13.8 Å². The monoisotopic (exact) mass is 225 g/mol. The fourth-order valence-electron chi connectivity index (χ4n) is 1.67. The normalized spacial score (nSPS) is 23.2. The van der Waals surface area contributed by atoms with Gasteiger partial charge < -0.3 is 4.74 Å². The van der Waals surface area contributed by atoms with Crippen LogP contribution in [0.1, 0.15) is 34.1 Å². The van der Waals surface area contributed by atoms with E-state index in [1.54, 1.807) is 19.9 Å². The average molecular weight is 225 g/mol. The SMILES string of the molecule is C/C=C(\C)C(=O)N1C(=O)OC[C@@H]1C(C)CC. The molecule has 0 saturated carbocycles. The first-order chi connectivity index (χ1) is 7.52. The Hall–Kier alpha value is -1.32. The molecule has 1 aliphatic heterocycles. The first-order valence-corrected chi connectivity index (χ1v) is 5.66. The Morgan fingerprint density at radius 1 is 1.69 bits per heavy atom. The number of carbonyl (C=O) groups is 2. The maximum Gasteiger partial charge on any atom is 0.417 e. The number of imide groups is 1. The topological polar surface area (TPSA) is 46.6 Å². The van der Waals surface area contributed by atoms with Gasteiger partial charge in [-0.1, -0.05) is 26.3 Å². The third-order valence-electron chi connectivity index (χ3n) is 3.20. The summed E-state index contributed by atoms with van der Waals surface area (Å²) in [6.45, 7) is 7.88. The van der Waals surface area contributed by atoms with E-state index < -0.39 is 6.09 Å². The first-order valence-electron chi connectivity index (χ1n) is 5.66. The molecule has 90 valence electrons. The van der Waals surface area contributed by atoms with Gasteiger partial charge in [0.1, 0.15) is 6.61 Å². The molecule has 1 unspecified atom stereocenters. The van der Waals surface area contributed by atoms with Crippen molar-refractivity contribution in [3.05, 3.63) is 11.6 Å². The van der Waals surface area contributed by atoms with Gasteiger partial charge in [0.15, 0.2) is 0 Å². The Labute approximate surface area is 96.3 Å². The highest BCUT2D eigenvalue weighted by Crippen LogP contribution is 2.23. The van der Waals surface area contributed by atoms with Crippen molar-refractivity contribution < 1.29 is 14.3 Å². The molecule has 1 aliphatic rings. The number of nitrogens with zero attached hydrogens (tertiary/aromatic N) is 1. The molecule has 2 amide bonds. The van der Waals surface area contributed by atoms with Crippen LogP contribution in [0, 0.1) is 5.92 Å². The fourth-order valence-corrected chi connectivity index (χ4v) is 1.67. The number of hydrogen-bond acceptors (Lipinski definition) is 3. The van der Waals surface area contributed by atoms with Crippen molar-refractivity contribution in [2.24, 2.45) is 5.92 Å². The molecule has 0 aliphatic carbocycles. The lowest BCUT2D eigenvalue weighted by Crippen LogP contribution is -2.42. The van der Waals surface area contributed by atoms with Crippen molar-refractivity contribution in [1.29, 1.82) is 0 Å². The third kappa shape index (κ3) is 2.26. The van der Waals surface area contributed by atoms with Gasteiger partial charge in [-0.3, -0.25) is 4.79 Å². The highest BCUT2D eigenvalue weighted by atomic mass is 16.6. The number of rotatable bonds is 3. The van der Waals surface area contributed by atoms with E-state index in [9.17, 15) is 9.59 Å². The average Bonchev–Trinajstić information content (AvgIpc) is 2.68. The standard InChI is InChI=1S/C12H19NO3/c1-5-8(3)10-7-16-12(15)13(10)11(14)9(4)6-2/h6,8,10H,5,7H2,1-4H3/b9-6+/t8?,10-/m1/s1. The van der Waals surface area contributed by atoms with Crippen molar-refractivity contribution >= 4 is 12.0 Å². The number of allylic oxidation sites excluding steroid dienone is 1. The number of carbonyl (C=O) groups excluding carboxylic acids is 2. The van der Waals surface area contributed by atoms with Gasteiger partial charge in [-0.15, -0.1) is 0 Å². The Morgan fingerprint density at radius 3 is 2.81 bits per heavy atom. The van der Waals surface area contributed by atoms with E-state index in [-0.39, 0.29) is 17.9 Å². The molecular formula is C12H19NO3. The van der Waals surface area contributed by atoms with E-state index in [0.717, 1.165) is 6.42 Å². The Morgan fingerprint density at radius 2 is 2.31 bits per heavy atom. The molecule has 0 spiro atoms. The van der Waals surface area contributed by atoms with Gasteiger partial charge in [0, 0.05) is 5.57 Å². The van der Waals surface area contributed by atoms with Gasteiger partial charge in [0.25, 0.3) is 5.91 Å². The Bertz CT molecular complexity index is 322. The zero-order valence-corrected chi connectivity index (χ0v) is 10.3. The Balaban J connectivity index is 2.90. The number of cyclic esters (lactones) is 1. The zero-order chi connectivity index (χ0) is 12.3. The predicted molar refractivity (Wildman–Crippen MR) is 60.9 cm³/mol. The summed E-state index contributed by atoms with van der Waals surface area (Å²) in [6.07, 6.45) is 2.11. The van der Waals surface area contributed by atoms with Crippen LogP contribution in [0.15, 0.2) is 11.6 Å². The van der Waals surface area contributed by atoms with Gasteiger partial charge >= 0.3 is 6.09 Å². The van der Waals surface area contributed by atoms with Crippen molar-refractivity contribution in [2.75, 3.05) is 6.61 Å². The minimum Gasteiger partial charge on any atom is -0.447 e. The summed E-state index contributed by atoms with van der Waals surface area (Å²) in [5.74, 6) is 0.0235. The molecule has 0 aromatic rings. The second-order valence-electron chi connectivity index (χ2n) is 4.18. The molecule has 16 heavy (non-hydrogen) atoms. The molecular weight excluding hydrogens is 206 g/mol. The molecule has 2 atom stereocenters. The highest BCUT2D eigenvalue weighted by Gasteiger charge is 2.40. The van der Waals surface area contributed by atoms with Crippen LogP contribution in [0.3, 0.4) is 0 Å². The smallest absolute Gasteiger partial charge is 0.417 e. The van der Waals surface area contributed by atoms with Crippen LogP contribution < -0.4 is 0 Å². The van der Waals surface area contributed by atoms with Crippen molar-refractivity contribution in [3.8, 4) is 0 Å². The van der Waals surface area contributed by atoms with Crippen LogP contribution in [-0.4, -0.2) is 29.5 Å². The minimum absolute atomic E-state index is 0.125. The van der Waals surface area contributed by atoms with Gasteiger partial charge in [0.05, 0.1) is 6.04 Å². The largest absolute Gasteiger partial charge is 0.447 e. The summed E-state index contributed by atoms with van der Waals surface area (Å²) in [5.41, 5.74) is 0.576. The lowest BCUT2D eigenvalue weighted by molar-refractivity contribution is -0.125. The molecule has 4 nitrogen and oxygen atoms in total. The van der Waals surface area contributed by atoms with Crippen LogP contribution in [0.2, 0.25) is 0 Å². The van der Waals surface area contributed by atoms with E-state index in [0.29, 0.717) is 12.2 Å².